The van der Waals surface area contributed by atoms with E-state index in [0.29, 0.717) is 26.2 Å². The molecule has 0 saturated carbocycles. The smallest absolute Gasteiger partial charge is 0.260 e. The lowest BCUT2D eigenvalue weighted by molar-refractivity contribution is 0.224. The Labute approximate surface area is 106 Å². The lowest BCUT2D eigenvalue weighted by Crippen LogP contribution is -2.60. The molecule has 0 saturated heterocycles. The minimum absolute atomic E-state index is 0.525. The SMILES string of the molecule is CCCN(CCC)[Si](F)(F)N(CCC)CCC. The van der Waals surface area contributed by atoms with Crippen molar-refractivity contribution < 1.29 is 8.22 Å². The van der Waals surface area contributed by atoms with Crippen LogP contribution < -0.4 is 0 Å². The summed E-state index contributed by atoms with van der Waals surface area (Å²) >= 11 is 0. The summed E-state index contributed by atoms with van der Waals surface area (Å²) in [7, 11) is -4.38. The number of rotatable bonds is 10. The Morgan fingerprint density at radius 3 is 1.06 bits per heavy atom. The predicted octanol–water partition coefficient (Wildman–Crippen LogP) is 3.61. The average Bonchev–Trinajstić information content (AvgIpc) is 2.28. The van der Waals surface area contributed by atoms with E-state index in [9.17, 15) is 8.22 Å². The topological polar surface area (TPSA) is 6.48 Å². The van der Waals surface area contributed by atoms with Gasteiger partial charge in [-0.25, -0.2) is 8.22 Å². The van der Waals surface area contributed by atoms with Gasteiger partial charge in [0.2, 0.25) is 0 Å². The van der Waals surface area contributed by atoms with E-state index in [2.05, 4.69) is 0 Å². The van der Waals surface area contributed by atoms with Crippen LogP contribution in [-0.4, -0.2) is 44.4 Å². The first-order chi connectivity index (χ1) is 8.04. The Kier molecular flexibility index (Phi) is 9.00. The maximum atomic E-state index is 14.5. The zero-order valence-corrected chi connectivity index (χ0v) is 12.8. The van der Waals surface area contributed by atoms with Crippen molar-refractivity contribution in [3.05, 3.63) is 0 Å². The third kappa shape index (κ3) is 5.44. The van der Waals surface area contributed by atoms with Gasteiger partial charge >= 0.3 is 9.06 Å². The van der Waals surface area contributed by atoms with Crippen molar-refractivity contribution in [2.45, 2.75) is 53.4 Å². The van der Waals surface area contributed by atoms with Gasteiger partial charge in [-0.15, -0.1) is 0 Å². The lowest BCUT2D eigenvalue weighted by Gasteiger charge is -2.35. The van der Waals surface area contributed by atoms with Crippen molar-refractivity contribution in [2.75, 3.05) is 26.2 Å². The molecule has 0 bridgehead atoms. The Bertz CT molecular complexity index is 161. The highest BCUT2D eigenvalue weighted by molar-refractivity contribution is 6.60. The van der Waals surface area contributed by atoms with Crippen LogP contribution in [0.5, 0.6) is 0 Å². The molecule has 0 aromatic rings. The first-order valence-corrected chi connectivity index (χ1v) is 8.57. The molecule has 0 aromatic heterocycles. The Balaban J connectivity index is 4.71. The summed E-state index contributed by atoms with van der Waals surface area (Å²) < 4.78 is 31.9. The average molecular weight is 266 g/mol. The van der Waals surface area contributed by atoms with Gasteiger partial charge < -0.3 is 0 Å². The highest BCUT2D eigenvalue weighted by Gasteiger charge is 2.49. The molecule has 0 aliphatic heterocycles. The zero-order chi connectivity index (χ0) is 13.3. The number of nitrogens with zero attached hydrogens (tertiary/aromatic N) is 2. The van der Waals surface area contributed by atoms with Crippen molar-refractivity contribution in [1.29, 1.82) is 0 Å². The fraction of sp³-hybridized carbons (Fsp3) is 1.00. The molecule has 0 radical (unpaired) electrons. The van der Waals surface area contributed by atoms with Crippen LogP contribution in [0.3, 0.4) is 0 Å². The molecular formula is C12H28F2N2Si. The second kappa shape index (κ2) is 9.00. The van der Waals surface area contributed by atoms with Crippen LogP contribution in [0.25, 0.3) is 0 Å². The summed E-state index contributed by atoms with van der Waals surface area (Å²) in [6.45, 7) is 9.98. The molecule has 0 spiro atoms. The van der Waals surface area contributed by atoms with Gasteiger partial charge in [0.25, 0.3) is 0 Å². The molecule has 0 N–H and O–H groups in total. The molecule has 0 aliphatic carbocycles. The van der Waals surface area contributed by atoms with E-state index in [1.807, 2.05) is 27.7 Å². The summed E-state index contributed by atoms with van der Waals surface area (Å²) in [5.74, 6) is 0. The Morgan fingerprint density at radius 1 is 0.647 bits per heavy atom. The summed E-state index contributed by atoms with van der Waals surface area (Å²) in [5, 5.41) is 0. The third-order valence-corrected chi connectivity index (χ3v) is 5.15. The molecule has 0 heterocycles. The minimum atomic E-state index is -4.38. The zero-order valence-electron chi connectivity index (χ0n) is 11.8. The monoisotopic (exact) mass is 266 g/mol. The van der Waals surface area contributed by atoms with E-state index < -0.39 is 9.06 Å². The predicted molar refractivity (Wildman–Crippen MR) is 72.3 cm³/mol. The van der Waals surface area contributed by atoms with E-state index >= 15 is 0 Å². The van der Waals surface area contributed by atoms with Crippen molar-refractivity contribution in [1.82, 2.24) is 9.13 Å². The van der Waals surface area contributed by atoms with Crippen LogP contribution >= 0.6 is 0 Å². The van der Waals surface area contributed by atoms with Crippen LogP contribution in [-0.2, 0) is 0 Å². The van der Waals surface area contributed by atoms with Gasteiger partial charge in [-0.2, -0.15) is 0 Å². The molecule has 0 unspecified atom stereocenters. The van der Waals surface area contributed by atoms with Crippen molar-refractivity contribution in [2.24, 2.45) is 0 Å². The van der Waals surface area contributed by atoms with Gasteiger partial charge in [0.15, 0.2) is 0 Å². The molecule has 0 atom stereocenters. The van der Waals surface area contributed by atoms with Crippen molar-refractivity contribution >= 4 is 9.06 Å². The van der Waals surface area contributed by atoms with E-state index in [-0.39, 0.29) is 0 Å². The van der Waals surface area contributed by atoms with Crippen LogP contribution in [0.4, 0.5) is 8.22 Å². The second-order valence-electron chi connectivity index (χ2n) is 4.48. The molecule has 0 aliphatic rings. The maximum Gasteiger partial charge on any atom is 0.599 e. The van der Waals surface area contributed by atoms with Crippen LogP contribution in [0.1, 0.15) is 53.4 Å². The largest absolute Gasteiger partial charge is 0.599 e. The van der Waals surface area contributed by atoms with Crippen LogP contribution in [0.2, 0.25) is 0 Å². The first-order valence-electron chi connectivity index (χ1n) is 6.92. The Hall–Kier alpha value is -0.00312. The quantitative estimate of drug-likeness (QED) is 0.440. The van der Waals surface area contributed by atoms with Crippen LogP contribution in [0.15, 0.2) is 0 Å². The molecule has 17 heavy (non-hydrogen) atoms. The van der Waals surface area contributed by atoms with Crippen molar-refractivity contribution in [3.63, 3.8) is 0 Å². The molecule has 0 rings (SSSR count). The van der Waals surface area contributed by atoms with Crippen LogP contribution in [0, 0.1) is 0 Å². The van der Waals surface area contributed by atoms with Gasteiger partial charge in [-0.05, 0) is 51.9 Å². The van der Waals surface area contributed by atoms with E-state index in [1.54, 1.807) is 0 Å². The fourth-order valence-electron chi connectivity index (χ4n) is 2.04. The second-order valence-corrected chi connectivity index (χ2v) is 6.77. The van der Waals surface area contributed by atoms with E-state index in [0.717, 1.165) is 25.7 Å². The molecule has 0 amide bonds. The summed E-state index contributed by atoms with van der Waals surface area (Å²) in [6.07, 6.45) is 3.20. The molecule has 104 valence electrons. The molecule has 2 nitrogen and oxygen atoms in total. The third-order valence-electron chi connectivity index (χ3n) is 2.74. The summed E-state index contributed by atoms with van der Waals surface area (Å²) in [4.78, 5) is 0. The maximum absolute atomic E-state index is 14.5. The van der Waals surface area contributed by atoms with Gasteiger partial charge in [-0.1, -0.05) is 27.7 Å². The van der Waals surface area contributed by atoms with Gasteiger partial charge in [0.1, 0.15) is 0 Å². The first kappa shape index (κ1) is 17.0. The van der Waals surface area contributed by atoms with Gasteiger partial charge in [0, 0.05) is 0 Å². The molecule has 5 heteroatoms. The molecular weight excluding hydrogens is 238 g/mol. The molecule has 0 fully saturated rings. The minimum Gasteiger partial charge on any atom is -0.260 e. The Morgan fingerprint density at radius 2 is 0.882 bits per heavy atom. The highest BCUT2D eigenvalue weighted by Crippen LogP contribution is 2.21. The standard InChI is InChI=1S/C12H28F2N2Si/c1-5-9-15(10-6-2)17(13,14)16(11-7-3)12-8-4/h5-12H2,1-4H3. The fourth-order valence-corrected chi connectivity index (χ4v) is 4.41. The summed E-state index contributed by atoms with van der Waals surface area (Å²) in [5.41, 5.74) is 0. The highest BCUT2D eigenvalue weighted by atomic mass is 28.4. The normalized spacial score (nSPS) is 12.7. The van der Waals surface area contributed by atoms with E-state index in [1.165, 1.54) is 9.13 Å². The number of hydrogen-bond acceptors (Lipinski definition) is 2. The lowest BCUT2D eigenvalue weighted by atomic mass is 10.4. The van der Waals surface area contributed by atoms with Gasteiger partial charge in [-0.3, -0.25) is 9.13 Å². The molecule has 0 aromatic carbocycles. The van der Waals surface area contributed by atoms with Crippen molar-refractivity contribution in [3.8, 4) is 0 Å². The number of hydrogen-bond donors (Lipinski definition) is 0. The van der Waals surface area contributed by atoms with E-state index in [4.69, 9.17) is 0 Å². The number of halogens is 2. The van der Waals surface area contributed by atoms with Gasteiger partial charge in [0.05, 0.1) is 0 Å². The summed E-state index contributed by atoms with van der Waals surface area (Å²) in [6, 6.07) is 0.